The fourth-order valence-corrected chi connectivity index (χ4v) is 4.09. The minimum atomic E-state index is -0.348. The molecule has 0 aliphatic carbocycles. The molecule has 0 radical (unpaired) electrons. The SMILES string of the molecule is CCCCCCCCCc1ccc(OCCOCCOCCOCCOCCOCCOC(=O)c2ccccc2)cc1. The van der Waals surface area contributed by atoms with Crippen LogP contribution in [0.15, 0.2) is 54.6 Å². The van der Waals surface area contributed by atoms with E-state index in [-0.39, 0.29) is 12.6 Å². The Kier molecular flexibility index (Phi) is 22.2. The maximum Gasteiger partial charge on any atom is 0.338 e. The zero-order chi connectivity index (χ0) is 29.8. The lowest BCUT2D eigenvalue weighted by Gasteiger charge is -2.09. The van der Waals surface area contributed by atoms with Gasteiger partial charge in [-0.2, -0.15) is 0 Å². The van der Waals surface area contributed by atoms with E-state index in [0.29, 0.717) is 78.2 Å². The predicted molar refractivity (Wildman–Crippen MR) is 164 cm³/mol. The number of hydrogen-bond donors (Lipinski definition) is 0. The summed E-state index contributed by atoms with van der Waals surface area (Å²) in [5.41, 5.74) is 1.91. The van der Waals surface area contributed by atoms with E-state index in [9.17, 15) is 4.79 Å². The van der Waals surface area contributed by atoms with Crippen LogP contribution in [0.4, 0.5) is 0 Å². The van der Waals surface area contributed by atoms with E-state index in [1.807, 2.05) is 18.2 Å². The molecule has 0 bridgehead atoms. The van der Waals surface area contributed by atoms with Gasteiger partial charge >= 0.3 is 5.97 Å². The van der Waals surface area contributed by atoms with Gasteiger partial charge in [0.25, 0.3) is 0 Å². The Bertz CT molecular complexity index is 875. The number of carbonyl (C=O) groups is 1. The highest BCUT2D eigenvalue weighted by Crippen LogP contribution is 2.15. The minimum Gasteiger partial charge on any atom is -0.491 e. The first-order valence-corrected chi connectivity index (χ1v) is 15.6. The molecule has 42 heavy (non-hydrogen) atoms. The summed E-state index contributed by atoms with van der Waals surface area (Å²) in [6.45, 7) is 7.77. The molecule has 0 spiro atoms. The number of rotatable bonds is 28. The zero-order valence-electron chi connectivity index (χ0n) is 25.6. The van der Waals surface area contributed by atoms with Crippen LogP contribution >= 0.6 is 0 Å². The highest BCUT2D eigenvalue weighted by Gasteiger charge is 2.05. The predicted octanol–water partition coefficient (Wildman–Crippen LogP) is 6.30. The van der Waals surface area contributed by atoms with Crippen LogP contribution in [0.2, 0.25) is 0 Å². The third kappa shape index (κ3) is 19.6. The number of hydrogen-bond acceptors (Lipinski definition) is 8. The Labute approximate surface area is 252 Å². The van der Waals surface area contributed by atoms with Crippen LogP contribution in [0.1, 0.15) is 67.8 Å². The molecule has 8 heteroatoms. The van der Waals surface area contributed by atoms with Gasteiger partial charge in [-0.1, -0.05) is 75.8 Å². The first kappa shape index (κ1) is 35.7. The maximum absolute atomic E-state index is 11.8. The average Bonchev–Trinajstić information content (AvgIpc) is 3.02. The summed E-state index contributed by atoms with van der Waals surface area (Å²) in [7, 11) is 0. The molecule has 0 fully saturated rings. The molecule has 0 atom stereocenters. The highest BCUT2D eigenvalue weighted by atomic mass is 16.6. The molecule has 0 amide bonds. The summed E-state index contributed by atoms with van der Waals surface area (Å²) in [6, 6.07) is 17.3. The summed E-state index contributed by atoms with van der Waals surface area (Å²) in [6.07, 6.45) is 10.5. The standard InChI is InChI=1S/C34H52O8/c1-2-3-4-5-6-7-9-12-31-15-17-33(18-16-31)41-29-27-39-25-23-37-21-19-36-20-22-38-24-26-40-28-30-42-34(35)32-13-10-8-11-14-32/h8,10-11,13-18H,2-7,9,12,19-30H2,1H3. The molecule has 0 unspecified atom stereocenters. The molecule has 0 saturated heterocycles. The molecule has 0 N–H and O–H groups in total. The third-order valence-corrected chi connectivity index (χ3v) is 6.45. The van der Waals surface area contributed by atoms with Gasteiger partial charge < -0.3 is 33.2 Å². The number of carbonyl (C=O) groups excluding carboxylic acids is 1. The number of benzene rings is 2. The van der Waals surface area contributed by atoms with E-state index in [2.05, 4.69) is 19.1 Å². The molecule has 2 rings (SSSR count). The van der Waals surface area contributed by atoms with Gasteiger partial charge in [0.1, 0.15) is 19.0 Å². The van der Waals surface area contributed by atoms with E-state index in [0.717, 1.165) is 12.2 Å². The van der Waals surface area contributed by atoms with Crippen LogP contribution in [0.3, 0.4) is 0 Å². The number of esters is 1. The molecule has 0 heterocycles. The maximum atomic E-state index is 11.8. The molecule has 236 valence electrons. The molecule has 0 aliphatic heterocycles. The van der Waals surface area contributed by atoms with Crippen molar-refractivity contribution in [3.05, 3.63) is 65.7 Å². The van der Waals surface area contributed by atoms with E-state index in [1.165, 1.54) is 50.5 Å². The minimum absolute atomic E-state index is 0.212. The Morgan fingerprint density at radius 2 is 1.00 bits per heavy atom. The molecular weight excluding hydrogens is 536 g/mol. The van der Waals surface area contributed by atoms with Crippen molar-refractivity contribution in [1.29, 1.82) is 0 Å². The quantitative estimate of drug-likeness (QED) is 0.0847. The van der Waals surface area contributed by atoms with Crippen molar-refractivity contribution in [1.82, 2.24) is 0 Å². The lowest BCUT2D eigenvalue weighted by atomic mass is 10.0. The topological polar surface area (TPSA) is 81.7 Å². The monoisotopic (exact) mass is 588 g/mol. The van der Waals surface area contributed by atoms with Gasteiger partial charge in [-0.05, 0) is 42.7 Å². The third-order valence-electron chi connectivity index (χ3n) is 6.45. The molecule has 0 aromatic heterocycles. The van der Waals surface area contributed by atoms with Crippen LogP contribution in [0.25, 0.3) is 0 Å². The largest absolute Gasteiger partial charge is 0.491 e. The van der Waals surface area contributed by atoms with Crippen LogP contribution in [-0.4, -0.2) is 85.3 Å². The summed E-state index contributed by atoms with van der Waals surface area (Å²) in [5.74, 6) is 0.535. The molecule has 2 aromatic carbocycles. The zero-order valence-corrected chi connectivity index (χ0v) is 25.6. The van der Waals surface area contributed by atoms with Crippen molar-refractivity contribution in [2.24, 2.45) is 0 Å². The van der Waals surface area contributed by atoms with Gasteiger partial charge in [0.2, 0.25) is 0 Å². The molecule has 2 aromatic rings. The van der Waals surface area contributed by atoms with Crippen LogP contribution < -0.4 is 4.74 Å². The van der Waals surface area contributed by atoms with Crippen LogP contribution in [-0.2, 0) is 34.8 Å². The summed E-state index contributed by atoms with van der Waals surface area (Å²) >= 11 is 0. The Morgan fingerprint density at radius 1 is 0.524 bits per heavy atom. The normalized spacial score (nSPS) is 11.1. The molecular formula is C34H52O8. The van der Waals surface area contributed by atoms with Crippen LogP contribution in [0.5, 0.6) is 5.75 Å². The molecule has 0 aliphatic rings. The van der Waals surface area contributed by atoms with Crippen molar-refractivity contribution >= 4 is 5.97 Å². The van der Waals surface area contributed by atoms with E-state index in [4.69, 9.17) is 33.2 Å². The Morgan fingerprint density at radius 3 is 1.55 bits per heavy atom. The van der Waals surface area contributed by atoms with Crippen molar-refractivity contribution in [3.8, 4) is 5.75 Å². The highest BCUT2D eigenvalue weighted by molar-refractivity contribution is 5.89. The lowest BCUT2D eigenvalue weighted by molar-refractivity contribution is -0.0163. The van der Waals surface area contributed by atoms with E-state index in [1.54, 1.807) is 24.3 Å². The van der Waals surface area contributed by atoms with Crippen LogP contribution in [0, 0.1) is 0 Å². The van der Waals surface area contributed by atoms with Gasteiger partial charge in [0.15, 0.2) is 0 Å². The van der Waals surface area contributed by atoms with Crippen molar-refractivity contribution in [3.63, 3.8) is 0 Å². The second-order valence-electron chi connectivity index (χ2n) is 9.93. The van der Waals surface area contributed by atoms with Gasteiger partial charge in [-0.15, -0.1) is 0 Å². The molecule has 8 nitrogen and oxygen atoms in total. The summed E-state index contributed by atoms with van der Waals surface area (Å²) < 4.78 is 38.3. The van der Waals surface area contributed by atoms with Gasteiger partial charge in [-0.3, -0.25) is 0 Å². The van der Waals surface area contributed by atoms with Gasteiger partial charge in [-0.25, -0.2) is 4.79 Å². The average molecular weight is 589 g/mol. The molecule has 0 saturated carbocycles. The van der Waals surface area contributed by atoms with Crippen molar-refractivity contribution in [2.45, 2.75) is 58.3 Å². The fraction of sp³-hybridized carbons (Fsp3) is 0.618. The van der Waals surface area contributed by atoms with E-state index >= 15 is 0 Å². The second-order valence-corrected chi connectivity index (χ2v) is 9.93. The Hall–Kier alpha value is -2.49. The summed E-state index contributed by atoms with van der Waals surface area (Å²) in [5, 5.41) is 0. The van der Waals surface area contributed by atoms with Gasteiger partial charge in [0, 0.05) is 0 Å². The Balaban J connectivity index is 1.26. The summed E-state index contributed by atoms with van der Waals surface area (Å²) in [4.78, 5) is 11.8. The lowest BCUT2D eigenvalue weighted by Crippen LogP contribution is -2.15. The van der Waals surface area contributed by atoms with Crippen molar-refractivity contribution in [2.75, 3.05) is 79.3 Å². The first-order chi connectivity index (χ1) is 20.8. The first-order valence-electron chi connectivity index (χ1n) is 15.6. The second kappa shape index (κ2) is 26.2. The van der Waals surface area contributed by atoms with Gasteiger partial charge in [0.05, 0.1) is 71.6 Å². The number of ether oxygens (including phenoxy) is 7. The smallest absolute Gasteiger partial charge is 0.338 e. The van der Waals surface area contributed by atoms with E-state index < -0.39 is 0 Å². The number of unbranched alkanes of at least 4 members (excludes halogenated alkanes) is 6. The number of aryl methyl sites for hydroxylation is 1. The van der Waals surface area contributed by atoms with Crippen molar-refractivity contribution < 1.29 is 38.0 Å². The fourth-order valence-electron chi connectivity index (χ4n) is 4.09.